The van der Waals surface area contributed by atoms with Crippen LogP contribution in [0.1, 0.15) is 6.92 Å². The Labute approximate surface area is 60.4 Å². The fourth-order valence-electron chi connectivity index (χ4n) is 0.331. The van der Waals surface area contributed by atoms with Gasteiger partial charge in [0.1, 0.15) is 17.6 Å². The first kappa shape index (κ1) is 8.31. The Morgan fingerprint density at radius 3 is 2.56 bits per heavy atom. The Bertz CT molecular complexity index is 147. The molecule has 0 aliphatic heterocycles. The third-order valence-electron chi connectivity index (χ3n) is 0.901. The molecule has 0 N–H and O–H groups in total. The highest BCUT2D eigenvalue weighted by Gasteiger charge is 1.92. The van der Waals surface area contributed by atoms with Crippen LogP contribution < -0.4 is 0 Å². The summed E-state index contributed by atoms with van der Waals surface area (Å²) in [5, 5.41) is 0. The summed E-state index contributed by atoms with van der Waals surface area (Å²) in [5.41, 5.74) is 0.875. The Hall–Kier alpha value is -0.690. The molecule has 0 amide bonds. The molecular weight excluding hydrogens is 136 g/mol. The molecule has 0 saturated heterocycles. The minimum Gasteiger partial charge on any atom is -0.386 e. The number of halogens is 1. The highest BCUT2D eigenvalue weighted by Crippen LogP contribution is 2.09. The van der Waals surface area contributed by atoms with Crippen LogP contribution in [0, 0.1) is 0 Å². The summed E-state index contributed by atoms with van der Waals surface area (Å²) in [5.74, 6) is 0.455. The lowest BCUT2D eigenvalue weighted by atomic mass is 10.2. The molecule has 9 heavy (non-hydrogen) atoms. The first-order chi connectivity index (χ1) is 4.22. The maximum atomic E-state index is 5.01. The van der Waals surface area contributed by atoms with Gasteiger partial charge in [0.2, 0.25) is 0 Å². The zero-order valence-corrected chi connectivity index (χ0v) is 6.11. The maximum absolute atomic E-state index is 5.01. The summed E-state index contributed by atoms with van der Waals surface area (Å²) in [7, 11) is 0. The van der Waals surface area contributed by atoms with Gasteiger partial charge in [-0.05, 0) is 12.5 Å². The predicted molar refractivity (Wildman–Crippen MR) is 40.0 cm³/mol. The van der Waals surface area contributed by atoms with E-state index in [0.29, 0.717) is 5.76 Å². The lowest BCUT2D eigenvalue weighted by Gasteiger charge is -1.97. The molecule has 0 rings (SSSR count). The molecule has 0 fully saturated rings. The summed E-state index contributed by atoms with van der Waals surface area (Å²) in [4.78, 5) is 0. The van der Waals surface area contributed by atoms with Gasteiger partial charge in [-0.3, -0.25) is 0 Å². The maximum Gasteiger partial charge on any atom is 0.142 e. The quantitative estimate of drug-likeness (QED) is 0.437. The summed E-state index contributed by atoms with van der Waals surface area (Å²) in [6, 6.07) is 0. The molecule has 50 valence electrons. The molecular formula is C7H9ClO. The first-order valence-electron chi connectivity index (χ1n) is 2.49. The second-order valence-electron chi connectivity index (χ2n) is 1.59. The predicted octanol–water partition coefficient (Wildman–Crippen LogP) is 2.80. The minimum absolute atomic E-state index is 0.455. The fourth-order valence-corrected chi connectivity index (χ4v) is 0.452. The second kappa shape index (κ2) is 4.21. The van der Waals surface area contributed by atoms with Gasteiger partial charge in [0.15, 0.2) is 0 Å². The Balaban J connectivity index is 4.01. The van der Waals surface area contributed by atoms with Gasteiger partial charge in [-0.2, -0.15) is 0 Å². The van der Waals surface area contributed by atoms with Gasteiger partial charge in [0.25, 0.3) is 0 Å². The molecule has 0 aromatic heterocycles. The zero-order chi connectivity index (χ0) is 7.28. The summed E-state index contributed by atoms with van der Waals surface area (Å²) < 4.78 is 4.33. The average molecular weight is 145 g/mol. The van der Waals surface area contributed by atoms with Crippen molar-refractivity contribution in [1.82, 2.24) is 0 Å². The highest BCUT2D eigenvalue weighted by atomic mass is 35.5. The van der Waals surface area contributed by atoms with Gasteiger partial charge >= 0.3 is 0 Å². The monoisotopic (exact) mass is 144 g/mol. The van der Waals surface area contributed by atoms with Crippen LogP contribution in [0.3, 0.4) is 0 Å². The normalized spacial score (nSPS) is 10.7. The van der Waals surface area contributed by atoms with Gasteiger partial charge in [-0.15, -0.1) is 0 Å². The first-order valence-corrected chi connectivity index (χ1v) is 2.80. The van der Waals surface area contributed by atoms with Crippen molar-refractivity contribution in [3.05, 3.63) is 36.6 Å². The molecule has 0 bridgehead atoms. The topological polar surface area (TPSA) is 9.23 Å². The SMILES string of the molecule is C=C/C=C(/C)C(=C)OCl. The number of hydrogen-bond donors (Lipinski definition) is 0. The van der Waals surface area contributed by atoms with Crippen LogP contribution in [-0.2, 0) is 4.29 Å². The summed E-state index contributed by atoms with van der Waals surface area (Å²) in [6.45, 7) is 8.86. The molecule has 0 aromatic carbocycles. The Morgan fingerprint density at radius 2 is 2.22 bits per heavy atom. The Morgan fingerprint density at radius 1 is 1.67 bits per heavy atom. The number of allylic oxidation sites excluding steroid dienone is 3. The van der Waals surface area contributed by atoms with Crippen molar-refractivity contribution < 1.29 is 4.29 Å². The lowest BCUT2D eigenvalue weighted by Crippen LogP contribution is -1.79. The van der Waals surface area contributed by atoms with E-state index in [-0.39, 0.29) is 0 Å². The van der Waals surface area contributed by atoms with Crippen LogP contribution in [0.4, 0.5) is 0 Å². The van der Waals surface area contributed by atoms with E-state index >= 15 is 0 Å². The molecule has 2 heteroatoms. The number of hydrogen-bond acceptors (Lipinski definition) is 1. The van der Waals surface area contributed by atoms with Crippen molar-refractivity contribution in [3.8, 4) is 0 Å². The standard InChI is InChI=1S/C7H9ClO/c1-4-5-6(2)7(3)9-8/h4-5H,1,3H2,2H3/b6-5-. The van der Waals surface area contributed by atoms with Gasteiger partial charge in [0.05, 0.1) is 0 Å². The van der Waals surface area contributed by atoms with Gasteiger partial charge in [-0.25, -0.2) is 0 Å². The van der Waals surface area contributed by atoms with Crippen molar-refractivity contribution in [3.63, 3.8) is 0 Å². The molecule has 0 aliphatic carbocycles. The molecule has 0 atom stereocenters. The molecule has 0 aliphatic rings. The molecule has 1 nitrogen and oxygen atoms in total. The van der Waals surface area contributed by atoms with Gasteiger partial charge < -0.3 is 4.29 Å². The van der Waals surface area contributed by atoms with Crippen molar-refractivity contribution in [2.75, 3.05) is 0 Å². The average Bonchev–Trinajstić information content (AvgIpc) is 1.87. The van der Waals surface area contributed by atoms with E-state index in [1.54, 1.807) is 12.2 Å². The van der Waals surface area contributed by atoms with Crippen LogP contribution in [-0.4, -0.2) is 0 Å². The van der Waals surface area contributed by atoms with Crippen LogP contribution in [0.2, 0.25) is 0 Å². The third kappa shape index (κ3) is 2.98. The van der Waals surface area contributed by atoms with Crippen molar-refractivity contribution in [2.24, 2.45) is 0 Å². The van der Waals surface area contributed by atoms with E-state index in [1.807, 2.05) is 6.92 Å². The van der Waals surface area contributed by atoms with Crippen LogP contribution in [0.5, 0.6) is 0 Å². The molecule has 0 heterocycles. The van der Waals surface area contributed by atoms with E-state index < -0.39 is 0 Å². The fraction of sp³-hybridized carbons (Fsp3) is 0.143. The Kier molecular flexibility index (Phi) is 3.89. The van der Waals surface area contributed by atoms with E-state index in [4.69, 9.17) is 11.9 Å². The molecule has 0 aromatic rings. The largest absolute Gasteiger partial charge is 0.386 e. The van der Waals surface area contributed by atoms with Gasteiger partial charge in [-0.1, -0.05) is 25.3 Å². The lowest BCUT2D eigenvalue weighted by molar-refractivity contribution is 0.488. The molecule has 0 radical (unpaired) electrons. The van der Waals surface area contributed by atoms with Crippen LogP contribution >= 0.6 is 11.9 Å². The van der Waals surface area contributed by atoms with Crippen molar-refractivity contribution in [1.29, 1.82) is 0 Å². The summed E-state index contributed by atoms with van der Waals surface area (Å²) in [6.07, 6.45) is 3.42. The molecule has 0 saturated carbocycles. The minimum atomic E-state index is 0.455. The van der Waals surface area contributed by atoms with E-state index in [9.17, 15) is 0 Å². The summed E-state index contributed by atoms with van der Waals surface area (Å²) >= 11 is 5.01. The molecule has 0 unspecified atom stereocenters. The van der Waals surface area contributed by atoms with Gasteiger partial charge in [0, 0.05) is 0 Å². The van der Waals surface area contributed by atoms with Crippen molar-refractivity contribution >= 4 is 11.9 Å². The molecule has 0 spiro atoms. The zero-order valence-electron chi connectivity index (χ0n) is 5.36. The second-order valence-corrected chi connectivity index (χ2v) is 1.74. The van der Waals surface area contributed by atoms with E-state index in [2.05, 4.69) is 17.4 Å². The third-order valence-corrected chi connectivity index (χ3v) is 1.09. The van der Waals surface area contributed by atoms with Crippen molar-refractivity contribution in [2.45, 2.75) is 6.92 Å². The smallest absolute Gasteiger partial charge is 0.142 e. The van der Waals surface area contributed by atoms with E-state index in [1.165, 1.54) is 0 Å². The van der Waals surface area contributed by atoms with E-state index in [0.717, 1.165) is 5.57 Å². The number of rotatable bonds is 3. The van der Waals surface area contributed by atoms with Crippen LogP contribution in [0.15, 0.2) is 36.6 Å². The van der Waals surface area contributed by atoms with Crippen LogP contribution in [0.25, 0.3) is 0 Å². The highest BCUT2D eigenvalue weighted by molar-refractivity contribution is 6.08.